The molecular formula is C17H16N4O3S. The number of amides is 1. The van der Waals surface area contributed by atoms with E-state index in [9.17, 15) is 9.59 Å². The zero-order valence-electron chi connectivity index (χ0n) is 13.5. The maximum atomic E-state index is 12.0. The highest BCUT2D eigenvalue weighted by Gasteiger charge is 2.13. The molecular weight excluding hydrogens is 340 g/mol. The van der Waals surface area contributed by atoms with Crippen LogP contribution in [0.4, 0.5) is 5.13 Å². The molecule has 3 aromatic rings. The van der Waals surface area contributed by atoms with Crippen LogP contribution in [0.2, 0.25) is 0 Å². The number of nitrogens with one attached hydrogen (secondary N) is 1. The van der Waals surface area contributed by atoms with Gasteiger partial charge in [-0.2, -0.15) is 5.10 Å². The number of aromatic nitrogens is 3. The Labute approximate surface area is 148 Å². The average molecular weight is 356 g/mol. The van der Waals surface area contributed by atoms with Crippen LogP contribution < -0.4 is 5.32 Å². The molecule has 0 saturated carbocycles. The first-order valence-corrected chi connectivity index (χ1v) is 8.43. The predicted octanol–water partition coefficient (Wildman–Crippen LogP) is 2.49. The Balaban J connectivity index is 1.50. The molecule has 3 rings (SSSR count). The molecule has 0 saturated heterocycles. The van der Waals surface area contributed by atoms with Crippen LogP contribution in [-0.2, 0) is 16.1 Å². The van der Waals surface area contributed by atoms with Crippen molar-refractivity contribution in [3.63, 3.8) is 0 Å². The zero-order valence-corrected chi connectivity index (χ0v) is 14.3. The fourth-order valence-corrected chi connectivity index (χ4v) is 2.81. The lowest BCUT2D eigenvalue weighted by Gasteiger charge is -2.03. The van der Waals surface area contributed by atoms with Crippen molar-refractivity contribution in [3.05, 3.63) is 64.9 Å². The molecule has 0 aliphatic carbocycles. The van der Waals surface area contributed by atoms with Gasteiger partial charge in [-0.25, -0.2) is 9.78 Å². The van der Waals surface area contributed by atoms with Gasteiger partial charge in [0.15, 0.2) is 11.7 Å². The van der Waals surface area contributed by atoms with Crippen LogP contribution in [0.1, 0.15) is 21.6 Å². The van der Waals surface area contributed by atoms with E-state index in [0.29, 0.717) is 17.2 Å². The Morgan fingerprint density at radius 2 is 2.08 bits per heavy atom. The summed E-state index contributed by atoms with van der Waals surface area (Å²) >= 11 is 1.32. The van der Waals surface area contributed by atoms with E-state index in [0.717, 1.165) is 11.3 Å². The van der Waals surface area contributed by atoms with Crippen LogP contribution in [0.3, 0.4) is 0 Å². The van der Waals surface area contributed by atoms with E-state index in [4.69, 9.17) is 4.74 Å². The molecule has 8 heteroatoms. The van der Waals surface area contributed by atoms with E-state index in [2.05, 4.69) is 15.4 Å². The molecule has 7 nitrogen and oxygen atoms in total. The van der Waals surface area contributed by atoms with Gasteiger partial charge in [-0.15, -0.1) is 11.3 Å². The fraction of sp³-hybridized carbons (Fsp3) is 0.176. The largest absolute Gasteiger partial charge is 0.452 e. The molecule has 0 bridgehead atoms. The predicted molar refractivity (Wildman–Crippen MR) is 93.5 cm³/mol. The van der Waals surface area contributed by atoms with Crippen LogP contribution in [0.15, 0.2) is 48.1 Å². The average Bonchev–Trinajstić information content (AvgIpc) is 3.23. The summed E-state index contributed by atoms with van der Waals surface area (Å²) in [5.41, 5.74) is 2.19. The Morgan fingerprint density at radius 3 is 2.80 bits per heavy atom. The molecule has 0 spiro atoms. The van der Waals surface area contributed by atoms with Crippen molar-refractivity contribution in [2.24, 2.45) is 0 Å². The molecule has 2 aromatic heterocycles. The molecule has 0 aliphatic rings. The van der Waals surface area contributed by atoms with Gasteiger partial charge in [0.05, 0.1) is 24.0 Å². The highest BCUT2D eigenvalue weighted by atomic mass is 32.1. The summed E-state index contributed by atoms with van der Waals surface area (Å²) in [5, 5.41) is 9.02. The number of carbonyl (C=O) groups excluding carboxylic acids is 2. The summed E-state index contributed by atoms with van der Waals surface area (Å²) in [6.07, 6.45) is 3.02. The van der Waals surface area contributed by atoms with Crippen LogP contribution >= 0.6 is 11.3 Å². The van der Waals surface area contributed by atoms with E-state index in [1.807, 2.05) is 42.6 Å². The number of aryl methyl sites for hydroxylation is 1. The number of hydrogen-bond acceptors (Lipinski definition) is 6. The zero-order chi connectivity index (χ0) is 17.6. The smallest absolute Gasteiger partial charge is 0.341 e. The van der Waals surface area contributed by atoms with Crippen molar-refractivity contribution in [1.29, 1.82) is 0 Å². The Kier molecular flexibility index (Phi) is 5.20. The van der Waals surface area contributed by atoms with Crippen LogP contribution in [-0.4, -0.2) is 33.2 Å². The molecule has 1 N–H and O–H groups in total. The number of benzene rings is 1. The molecule has 0 unspecified atom stereocenters. The molecule has 128 valence electrons. The SMILES string of the molecule is Cc1csc(NC(=O)COC(=O)c2cnn(Cc3ccccc3)c2)n1. The normalized spacial score (nSPS) is 10.4. The van der Waals surface area contributed by atoms with Crippen molar-refractivity contribution in [1.82, 2.24) is 14.8 Å². The number of ether oxygens (including phenoxy) is 1. The summed E-state index contributed by atoms with van der Waals surface area (Å²) in [5.74, 6) is -1.02. The van der Waals surface area contributed by atoms with Crippen molar-refractivity contribution in [2.75, 3.05) is 11.9 Å². The first kappa shape index (κ1) is 16.8. The lowest BCUT2D eigenvalue weighted by Crippen LogP contribution is -2.20. The molecule has 1 aromatic carbocycles. The Morgan fingerprint density at radius 1 is 1.28 bits per heavy atom. The molecule has 0 radical (unpaired) electrons. The third kappa shape index (κ3) is 4.74. The maximum Gasteiger partial charge on any atom is 0.341 e. The minimum absolute atomic E-state index is 0.300. The standard InChI is InChI=1S/C17H16N4O3S/c1-12-11-25-17(19-12)20-15(22)10-24-16(23)14-7-18-21(9-14)8-13-5-3-2-4-6-13/h2-7,9,11H,8,10H2,1H3,(H,19,20,22). The van der Waals surface area contributed by atoms with Crippen LogP contribution in [0.5, 0.6) is 0 Å². The van der Waals surface area contributed by atoms with E-state index in [1.54, 1.807) is 10.9 Å². The third-order valence-corrected chi connectivity index (χ3v) is 4.13. The summed E-state index contributed by atoms with van der Waals surface area (Å²) in [6, 6.07) is 9.77. The molecule has 0 aliphatic heterocycles. The second-order valence-electron chi connectivity index (χ2n) is 5.33. The summed E-state index contributed by atoms with van der Waals surface area (Å²) in [4.78, 5) is 27.9. The van der Waals surface area contributed by atoms with Gasteiger partial charge in [-0.1, -0.05) is 30.3 Å². The summed E-state index contributed by atoms with van der Waals surface area (Å²) in [7, 11) is 0. The van der Waals surface area contributed by atoms with Gasteiger partial charge in [-0.05, 0) is 12.5 Å². The van der Waals surface area contributed by atoms with E-state index in [1.165, 1.54) is 17.5 Å². The van der Waals surface area contributed by atoms with Crippen molar-refractivity contribution < 1.29 is 14.3 Å². The van der Waals surface area contributed by atoms with Crippen LogP contribution in [0.25, 0.3) is 0 Å². The molecule has 2 heterocycles. The Bertz CT molecular complexity index is 873. The number of thiazole rings is 1. The van der Waals surface area contributed by atoms with Gasteiger partial charge < -0.3 is 4.74 Å². The molecule has 1 amide bonds. The fourth-order valence-electron chi connectivity index (χ4n) is 2.11. The summed E-state index contributed by atoms with van der Waals surface area (Å²) in [6.45, 7) is 2.01. The van der Waals surface area contributed by atoms with Crippen LogP contribution in [0, 0.1) is 6.92 Å². The van der Waals surface area contributed by atoms with Crippen molar-refractivity contribution in [2.45, 2.75) is 13.5 Å². The van der Waals surface area contributed by atoms with Gasteiger partial charge in [0.25, 0.3) is 5.91 Å². The highest BCUT2D eigenvalue weighted by Crippen LogP contribution is 2.14. The van der Waals surface area contributed by atoms with Crippen molar-refractivity contribution >= 4 is 28.3 Å². The van der Waals surface area contributed by atoms with Gasteiger partial charge in [0.1, 0.15) is 0 Å². The van der Waals surface area contributed by atoms with E-state index in [-0.39, 0.29) is 6.61 Å². The lowest BCUT2D eigenvalue weighted by molar-refractivity contribution is -0.119. The first-order chi connectivity index (χ1) is 12.1. The number of carbonyl (C=O) groups is 2. The number of esters is 1. The van der Waals surface area contributed by atoms with Gasteiger partial charge in [0, 0.05) is 11.6 Å². The maximum absolute atomic E-state index is 12.0. The van der Waals surface area contributed by atoms with Crippen molar-refractivity contribution in [3.8, 4) is 0 Å². The quantitative estimate of drug-likeness (QED) is 0.686. The van der Waals surface area contributed by atoms with E-state index >= 15 is 0 Å². The molecule has 0 atom stereocenters. The van der Waals surface area contributed by atoms with Gasteiger partial charge in [0.2, 0.25) is 0 Å². The van der Waals surface area contributed by atoms with Gasteiger partial charge in [-0.3, -0.25) is 14.8 Å². The minimum Gasteiger partial charge on any atom is -0.452 e. The number of rotatable bonds is 6. The first-order valence-electron chi connectivity index (χ1n) is 7.55. The molecule has 0 fully saturated rings. The second kappa shape index (κ2) is 7.71. The number of anilines is 1. The third-order valence-electron chi connectivity index (χ3n) is 3.26. The van der Waals surface area contributed by atoms with E-state index < -0.39 is 11.9 Å². The topological polar surface area (TPSA) is 86.1 Å². The summed E-state index contributed by atoms with van der Waals surface area (Å²) < 4.78 is 6.65. The Hall–Kier alpha value is -3.00. The lowest BCUT2D eigenvalue weighted by atomic mass is 10.2. The monoisotopic (exact) mass is 356 g/mol. The van der Waals surface area contributed by atoms with Gasteiger partial charge >= 0.3 is 5.97 Å². The highest BCUT2D eigenvalue weighted by molar-refractivity contribution is 7.13. The number of nitrogens with zero attached hydrogens (tertiary/aromatic N) is 3. The minimum atomic E-state index is -0.593. The second-order valence-corrected chi connectivity index (χ2v) is 6.19. The number of hydrogen-bond donors (Lipinski definition) is 1. The molecule has 25 heavy (non-hydrogen) atoms.